The Bertz CT molecular complexity index is 333. The van der Waals surface area contributed by atoms with Gasteiger partial charge in [-0.2, -0.15) is 12.6 Å². The molecule has 0 fully saturated rings. The predicted octanol–water partition coefficient (Wildman–Crippen LogP) is -9.40. The summed E-state index contributed by atoms with van der Waals surface area (Å²) in [7, 11) is 0. The van der Waals surface area contributed by atoms with Gasteiger partial charge in [0.15, 0.2) is 0 Å². The van der Waals surface area contributed by atoms with Gasteiger partial charge in [0, 0.05) is 4.75 Å². The van der Waals surface area contributed by atoms with Crippen LogP contribution >= 0.6 is 12.6 Å². The number of hydrogen-bond donors (Lipinski definition) is 4. The van der Waals surface area contributed by atoms with Crippen LogP contribution in [0.5, 0.6) is 0 Å². The van der Waals surface area contributed by atoms with Crippen LogP contribution in [0.1, 0.15) is 13.8 Å². The molecule has 0 unspecified atom stereocenters. The number of carbonyl (C=O) groups is 3. The molecule has 0 heterocycles. The molecule has 3 atom stereocenters. The van der Waals surface area contributed by atoms with Gasteiger partial charge in [0.2, 0.25) is 0 Å². The Morgan fingerprint density at radius 1 is 1.00 bits per heavy atom. The van der Waals surface area contributed by atoms with E-state index in [2.05, 4.69) is 12.6 Å². The van der Waals surface area contributed by atoms with Gasteiger partial charge >= 0.3 is 54.0 Å². The first kappa shape index (κ1) is 29.5. The van der Waals surface area contributed by atoms with E-state index in [1.807, 2.05) is 0 Å². The van der Waals surface area contributed by atoms with E-state index >= 15 is 0 Å². The van der Waals surface area contributed by atoms with Gasteiger partial charge in [-0.3, -0.25) is 0 Å². The van der Waals surface area contributed by atoms with Crippen molar-refractivity contribution in [3.05, 3.63) is 0 Å². The second-order valence-electron chi connectivity index (χ2n) is 3.98. The minimum absolute atomic E-state index is 0. The van der Waals surface area contributed by atoms with Crippen LogP contribution in [0.2, 0.25) is 0 Å². The smallest absolute Gasteiger partial charge is 0.548 e. The molecule has 0 saturated heterocycles. The molecule has 0 rings (SSSR count). The van der Waals surface area contributed by atoms with Gasteiger partial charge in [-0.25, -0.2) is 0 Å². The summed E-state index contributed by atoms with van der Waals surface area (Å²) in [6, 6.07) is -1.01. The van der Waals surface area contributed by atoms with Gasteiger partial charge in [-0.05, 0) is 13.8 Å². The number of nitrogens with two attached hydrogens (primary N) is 1. The van der Waals surface area contributed by atoms with Crippen molar-refractivity contribution >= 4 is 55.0 Å². The molecule has 0 aromatic carbocycles. The van der Waals surface area contributed by atoms with Crippen molar-refractivity contribution in [3.63, 3.8) is 0 Å². The molecule has 9 nitrogen and oxygen atoms in total. The van der Waals surface area contributed by atoms with E-state index in [1.54, 1.807) is 13.8 Å². The van der Waals surface area contributed by atoms with Gasteiger partial charge in [0.25, 0.3) is 0 Å². The Morgan fingerprint density at radius 2 is 1.24 bits per heavy atom. The molecular weight excluding hydrogens is 427 g/mol. The zero-order valence-electron chi connectivity index (χ0n) is 11.5. The first-order chi connectivity index (χ1) is 8.32. The van der Waals surface area contributed by atoms with Crippen molar-refractivity contribution in [1.82, 2.24) is 0 Å². The molecule has 0 aromatic rings. The molecule has 12 heteroatoms. The van der Waals surface area contributed by atoms with Crippen LogP contribution in [0, 0.1) is 0 Å². The summed E-state index contributed by atoms with van der Waals surface area (Å²) in [5, 5.41) is 45.8. The van der Waals surface area contributed by atoms with E-state index in [1.165, 1.54) is 0 Å². The summed E-state index contributed by atoms with van der Waals surface area (Å²) in [5.41, 5.74) is 5.16. The molecule has 2 radical (unpaired) electrons. The first-order valence-electron chi connectivity index (χ1n) is 4.79. The van der Waals surface area contributed by atoms with Gasteiger partial charge in [0.05, 0.1) is 23.9 Å². The number of aliphatic carboxylic acids is 3. The maximum absolute atomic E-state index is 10.1. The first-order valence-corrected chi connectivity index (χ1v) is 5.23. The molecule has 0 aliphatic carbocycles. The third-order valence-electron chi connectivity index (χ3n) is 1.80. The second-order valence-corrected chi connectivity index (χ2v) is 5.13. The van der Waals surface area contributed by atoms with E-state index in [-0.39, 0.29) is 54.0 Å². The van der Waals surface area contributed by atoms with Crippen LogP contribution in [0.15, 0.2) is 0 Å². The van der Waals surface area contributed by atoms with Crippen LogP contribution < -0.4 is 50.6 Å². The molecular formula is C9H14NNaO8SSb+. The SMILES string of the molecule is CC(C)(S)[C@@H](N)C(=O)[O-].O=C([O-])[C@H](O)[C@@H](O)C(=O)[O-].[Na+].[Sb+3]. The average Bonchev–Trinajstić information content (AvgIpc) is 2.25. The largest absolute Gasteiger partial charge is 3.00 e. The fourth-order valence-corrected chi connectivity index (χ4v) is 0.652. The Hall–Kier alpha value is 0.458. The Morgan fingerprint density at radius 3 is 1.29 bits per heavy atom. The Labute approximate surface area is 166 Å². The summed E-state index contributed by atoms with van der Waals surface area (Å²) >= 11 is 3.94. The number of rotatable bonds is 5. The summed E-state index contributed by atoms with van der Waals surface area (Å²) in [6.07, 6.45) is -4.88. The fraction of sp³-hybridized carbons (Fsp3) is 0.667. The number of aliphatic hydroxyl groups is 2. The zero-order valence-corrected chi connectivity index (χ0v) is 17.0. The van der Waals surface area contributed by atoms with Crippen LogP contribution in [-0.4, -0.2) is 75.5 Å². The van der Waals surface area contributed by atoms with Crippen LogP contribution in [0.4, 0.5) is 0 Å². The van der Waals surface area contributed by atoms with Crippen molar-refractivity contribution in [1.29, 1.82) is 0 Å². The van der Waals surface area contributed by atoms with Gasteiger partial charge in [-0.1, -0.05) is 0 Å². The standard InChI is InChI=1S/C5H11NO2S.C4H6O6.Na.Sb/c1-5(2,9)3(6)4(7)8;5-1(3(7)8)2(6)4(9)10;;/h3,9H,6H2,1-2H3,(H,7,8);1-2,5-6H,(H,7,8)(H,9,10);;/q;;+1;+3/p-3/t3-;1-,2-;;/m01../s1. The topological polar surface area (TPSA) is 187 Å². The fourth-order valence-electron chi connectivity index (χ4n) is 0.546. The van der Waals surface area contributed by atoms with Crippen molar-refractivity contribution in [3.8, 4) is 0 Å². The number of hydrogen-bond acceptors (Lipinski definition) is 10. The van der Waals surface area contributed by atoms with Crippen molar-refractivity contribution < 1.29 is 69.5 Å². The summed E-state index contributed by atoms with van der Waals surface area (Å²) in [4.78, 5) is 29.3. The molecule has 0 aliphatic rings. The van der Waals surface area contributed by atoms with Gasteiger partial charge in [0.1, 0.15) is 12.2 Å². The van der Waals surface area contributed by atoms with E-state index in [9.17, 15) is 29.7 Å². The van der Waals surface area contributed by atoms with E-state index in [0.717, 1.165) is 0 Å². The monoisotopic (exact) mass is 440 g/mol. The predicted molar refractivity (Wildman–Crippen MR) is 63.8 cm³/mol. The maximum atomic E-state index is 10.1. The minimum Gasteiger partial charge on any atom is -0.548 e. The van der Waals surface area contributed by atoms with E-state index in [4.69, 9.17) is 15.9 Å². The second kappa shape index (κ2) is 12.9. The minimum atomic E-state index is -2.44. The van der Waals surface area contributed by atoms with Crippen molar-refractivity contribution in [2.75, 3.05) is 0 Å². The molecule has 21 heavy (non-hydrogen) atoms. The van der Waals surface area contributed by atoms with Gasteiger partial charge in [-0.15, -0.1) is 0 Å². The van der Waals surface area contributed by atoms with Gasteiger partial charge < -0.3 is 45.6 Å². The number of thiol groups is 1. The van der Waals surface area contributed by atoms with E-state index in [0.29, 0.717) is 0 Å². The van der Waals surface area contributed by atoms with Crippen LogP contribution in [0.3, 0.4) is 0 Å². The molecule has 0 aromatic heterocycles. The van der Waals surface area contributed by atoms with Crippen LogP contribution in [0.25, 0.3) is 0 Å². The molecule has 0 aliphatic heterocycles. The molecule has 0 saturated carbocycles. The average molecular weight is 441 g/mol. The number of carboxylic acids is 3. The zero-order chi connectivity index (χ0) is 16.0. The number of carboxylic acid groups (broad SMARTS) is 3. The molecule has 114 valence electrons. The van der Waals surface area contributed by atoms with Crippen LogP contribution in [-0.2, 0) is 14.4 Å². The summed E-state index contributed by atoms with van der Waals surface area (Å²) in [6.45, 7) is 3.24. The molecule has 0 bridgehead atoms. The Kier molecular flexibility index (Phi) is 18.2. The van der Waals surface area contributed by atoms with Crippen molar-refractivity contribution in [2.45, 2.75) is 36.8 Å². The summed E-state index contributed by atoms with van der Waals surface area (Å²) < 4.78 is -0.709. The number of carbonyl (C=O) groups excluding carboxylic acids is 3. The molecule has 0 spiro atoms. The molecule has 4 N–H and O–H groups in total. The Balaban J connectivity index is -0.000000126. The normalized spacial score (nSPS) is 14.0. The molecule has 0 amide bonds. The maximum Gasteiger partial charge on any atom is 3.00 e. The number of aliphatic hydroxyl groups excluding tert-OH is 2. The quantitative estimate of drug-likeness (QED) is 0.237. The third-order valence-corrected chi connectivity index (χ3v) is 2.08. The van der Waals surface area contributed by atoms with Crippen molar-refractivity contribution in [2.24, 2.45) is 5.73 Å². The summed E-state index contributed by atoms with van der Waals surface area (Å²) in [5.74, 6) is -5.39. The third kappa shape index (κ3) is 13.8. The van der Waals surface area contributed by atoms with E-state index < -0.39 is 40.9 Å².